The van der Waals surface area contributed by atoms with Crippen LogP contribution in [0.5, 0.6) is 0 Å². The van der Waals surface area contributed by atoms with Gasteiger partial charge in [0, 0.05) is 37.5 Å². The number of aromatic nitrogens is 3. The second-order valence-electron chi connectivity index (χ2n) is 7.55. The molecule has 0 aromatic carbocycles. The van der Waals surface area contributed by atoms with E-state index in [9.17, 15) is 9.90 Å². The zero-order chi connectivity index (χ0) is 19.1. The lowest BCUT2D eigenvalue weighted by Gasteiger charge is -2.34. The molecule has 2 fully saturated rings. The number of aliphatic hydroxyl groups is 1. The van der Waals surface area contributed by atoms with Crippen LogP contribution in [0.2, 0.25) is 0 Å². The fourth-order valence-corrected chi connectivity index (χ4v) is 4.74. The van der Waals surface area contributed by atoms with E-state index in [-0.39, 0.29) is 10.8 Å². The first-order chi connectivity index (χ1) is 13.0. The number of nitriles is 1. The number of fused-ring (bicyclic) bond motifs is 1. The molecule has 2 aliphatic rings. The molecule has 0 radical (unpaired) electrons. The molecule has 2 aliphatic heterocycles. The minimum Gasteiger partial charge on any atom is -0.390 e. The van der Waals surface area contributed by atoms with Crippen molar-refractivity contribution < 1.29 is 9.90 Å². The van der Waals surface area contributed by atoms with Crippen LogP contribution in [-0.4, -0.2) is 71.4 Å². The van der Waals surface area contributed by atoms with Gasteiger partial charge in [0.05, 0.1) is 29.8 Å². The molecular formula is C18H23AlN6O2. The van der Waals surface area contributed by atoms with Gasteiger partial charge in [0.25, 0.3) is 0 Å². The molecule has 8 nitrogen and oxygen atoms in total. The summed E-state index contributed by atoms with van der Waals surface area (Å²) >= 11 is 0.519. The van der Waals surface area contributed by atoms with Crippen LogP contribution in [0.1, 0.15) is 36.6 Å². The van der Waals surface area contributed by atoms with Crippen LogP contribution in [0.15, 0.2) is 12.3 Å². The number of likely N-dealkylation sites (tertiary alicyclic amines) is 1. The summed E-state index contributed by atoms with van der Waals surface area (Å²) in [5, 5.41) is 23.9. The SMILES string of the molecule is Cc1cn2nc([C@@H]3CCCCN3[C](=O)[AlH2])cc2nc1N1C[C@@H](C#N)[C@@H](O)C1. The van der Waals surface area contributed by atoms with Gasteiger partial charge in [0.1, 0.15) is 10.6 Å². The Morgan fingerprint density at radius 1 is 1.41 bits per heavy atom. The van der Waals surface area contributed by atoms with Crippen molar-refractivity contribution >= 4 is 32.5 Å². The quantitative estimate of drug-likeness (QED) is 0.766. The average Bonchev–Trinajstić information content (AvgIpc) is 3.23. The highest BCUT2D eigenvalue weighted by Crippen LogP contribution is 2.31. The van der Waals surface area contributed by atoms with E-state index in [0.29, 0.717) is 29.4 Å². The number of nitrogens with zero attached hydrogens (tertiary/aromatic N) is 6. The molecule has 0 spiro atoms. The van der Waals surface area contributed by atoms with Crippen LogP contribution in [-0.2, 0) is 0 Å². The van der Waals surface area contributed by atoms with Crippen molar-refractivity contribution in [3.8, 4) is 6.07 Å². The number of amides is 1. The van der Waals surface area contributed by atoms with Crippen LogP contribution < -0.4 is 4.90 Å². The topological polar surface area (TPSA) is 97.8 Å². The van der Waals surface area contributed by atoms with Gasteiger partial charge in [-0.3, -0.25) is 4.79 Å². The van der Waals surface area contributed by atoms with Crippen molar-refractivity contribution in [2.45, 2.75) is 38.3 Å². The van der Waals surface area contributed by atoms with Gasteiger partial charge >= 0.3 is 16.3 Å². The Kier molecular flexibility index (Phi) is 4.81. The summed E-state index contributed by atoms with van der Waals surface area (Å²) in [6.45, 7) is 3.66. The monoisotopic (exact) mass is 382 g/mol. The van der Waals surface area contributed by atoms with Crippen LogP contribution in [0, 0.1) is 24.2 Å². The number of aliphatic hydroxyl groups excluding tert-OH is 1. The van der Waals surface area contributed by atoms with Crippen LogP contribution in [0.3, 0.4) is 0 Å². The van der Waals surface area contributed by atoms with Gasteiger partial charge in [-0.05, 0) is 26.2 Å². The second kappa shape index (κ2) is 7.12. The molecule has 2 aromatic heterocycles. The highest BCUT2D eigenvalue weighted by Gasteiger charge is 2.33. The number of carbonyl (C=O) groups excluding carboxylic acids is 1. The highest BCUT2D eigenvalue weighted by molar-refractivity contribution is 6.56. The minimum absolute atomic E-state index is 0.0331. The Morgan fingerprint density at radius 2 is 2.22 bits per heavy atom. The molecule has 0 saturated carbocycles. The number of hydrogen-bond donors (Lipinski definition) is 1. The van der Waals surface area contributed by atoms with E-state index < -0.39 is 12.0 Å². The number of piperidine rings is 1. The van der Waals surface area contributed by atoms with E-state index in [1.54, 1.807) is 4.52 Å². The van der Waals surface area contributed by atoms with E-state index >= 15 is 0 Å². The fraction of sp³-hybridized carbons (Fsp3) is 0.556. The lowest BCUT2D eigenvalue weighted by Crippen LogP contribution is -2.37. The number of rotatable bonds is 2. The summed E-state index contributed by atoms with van der Waals surface area (Å²) in [5.41, 5.74) is 2.56. The summed E-state index contributed by atoms with van der Waals surface area (Å²) in [6.07, 6.45) is 4.37. The molecule has 0 aliphatic carbocycles. The van der Waals surface area contributed by atoms with E-state index in [4.69, 9.17) is 15.3 Å². The molecule has 2 aromatic rings. The zero-order valence-corrected chi connectivity index (χ0v) is 17.7. The third-order valence-electron chi connectivity index (χ3n) is 5.63. The molecular weight excluding hydrogens is 359 g/mol. The maximum atomic E-state index is 12.1. The summed E-state index contributed by atoms with van der Waals surface area (Å²) in [6, 6.07) is 4.16. The molecule has 1 amide bonds. The molecule has 4 rings (SSSR count). The Balaban J connectivity index is 1.67. The van der Waals surface area contributed by atoms with E-state index in [0.717, 1.165) is 48.5 Å². The van der Waals surface area contributed by atoms with Crippen LogP contribution in [0.4, 0.5) is 10.6 Å². The highest BCUT2D eigenvalue weighted by atomic mass is 27.0. The number of β-amino-alcohol motifs (C(OH)–C–C–N with tert-alkyl or cyclic N) is 1. The van der Waals surface area contributed by atoms with E-state index in [1.165, 1.54) is 0 Å². The third kappa shape index (κ3) is 3.30. The maximum absolute atomic E-state index is 12.1. The third-order valence-corrected chi connectivity index (χ3v) is 6.20. The van der Waals surface area contributed by atoms with Gasteiger partial charge < -0.3 is 14.9 Å². The van der Waals surface area contributed by atoms with Crippen molar-refractivity contribution in [3.63, 3.8) is 0 Å². The predicted molar refractivity (Wildman–Crippen MR) is 102 cm³/mol. The predicted octanol–water partition coefficient (Wildman–Crippen LogP) is 0.639. The smallest absolute Gasteiger partial charge is 0.355 e. The summed E-state index contributed by atoms with van der Waals surface area (Å²) in [7, 11) is 0. The largest absolute Gasteiger partial charge is 0.390 e. The van der Waals surface area contributed by atoms with Crippen LogP contribution >= 0.6 is 0 Å². The second-order valence-corrected chi connectivity index (χ2v) is 8.41. The summed E-state index contributed by atoms with van der Waals surface area (Å²) in [5.74, 6) is 0.392. The molecule has 140 valence electrons. The molecule has 2 saturated heterocycles. The van der Waals surface area contributed by atoms with Crippen molar-refractivity contribution in [1.82, 2.24) is 19.5 Å². The number of anilines is 1. The van der Waals surface area contributed by atoms with Crippen LogP contribution in [0.25, 0.3) is 5.65 Å². The van der Waals surface area contributed by atoms with Gasteiger partial charge in [-0.15, -0.1) is 0 Å². The maximum Gasteiger partial charge on any atom is 0.355 e. The molecule has 1 N–H and O–H groups in total. The average molecular weight is 382 g/mol. The first-order valence-electron chi connectivity index (χ1n) is 9.44. The summed E-state index contributed by atoms with van der Waals surface area (Å²) < 4.78 is 1.99. The van der Waals surface area contributed by atoms with Crippen molar-refractivity contribution in [1.29, 1.82) is 5.26 Å². The van der Waals surface area contributed by atoms with Gasteiger partial charge in [0.15, 0.2) is 5.65 Å². The van der Waals surface area contributed by atoms with Crippen molar-refractivity contribution in [3.05, 3.63) is 23.5 Å². The molecule has 0 bridgehead atoms. The Labute approximate surface area is 165 Å². The van der Waals surface area contributed by atoms with Gasteiger partial charge in [-0.1, -0.05) is 0 Å². The summed E-state index contributed by atoms with van der Waals surface area (Å²) in [4.78, 5) is 20.7. The molecule has 3 atom stereocenters. The first kappa shape index (κ1) is 18.2. The van der Waals surface area contributed by atoms with Crippen molar-refractivity contribution in [2.24, 2.45) is 5.92 Å². The lowest BCUT2D eigenvalue weighted by molar-refractivity contribution is 0.170. The molecule has 27 heavy (non-hydrogen) atoms. The molecule has 9 heteroatoms. The normalized spacial score (nSPS) is 25.7. The Morgan fingerprint density at radius 3 is 2.93 bits per heavy atom. The minimum atomic E-state index is -0.650. The van der Waals surface area contributed by atoms with Crippen molar-refractivity contribution in [2.75, 3.05) is 24.5 Å². The molecule has 0 unspecified atom stereocenters. The first-order valence-corrected chi connectivity index (χ1v) is 10.4. The Bertz CT molecular complexity index is 922. The fourth-order valence-electron chi connectivity index (χ4n) is 4.20. The lowest BCUT2D eigenvalue weighted by atomic mass is 10.0. The molecule has 4 heterocycles. The van der Waals surface area contributed by atoms with E-state index in [1.807, 2.05) is 29.0 Å². The zero-order valence-electron chi connectivity index (χ0n) is 15.7. The van der Waals surface area contributed by atoms with Gasteiger partial charge in [-0.25, -0.2) is 9.50 Å². The van der Waals surface area contributed by atoms with E-state index in [2.05, 4.69) is 6.07 Å². The number of aryl methyl sites for hydroxylation is 1. The van der Waals surface area contributed by atoms with Gasteiger partial charge in [-0.2, -0.15) is 10.4 Å². The Hall–Kier alpha value is -2.13. The van der Waals surface area contributed by atoms with Gasteiger partial charge in [0.2, 0.25) is 0 Å². The standard InChI is InChI=1S/C18H21N6O2.Al.2H/c1-12-8-24-17(20-18(12)23-9-13(7-19)16(26)10-23)6-14(21-24)15-4-2-3-5-22(15)11-25;;;/h6,8,13,15-16,26H,2-5,9-10H2,1H3;;;/t13-,15+,16+;;;/m1.../s1. The number of carbonyl (C=O) groups is 1. The number of hydrogen-bond acceptors (Lipinski definition) is 6.